The van der Waals surface area contributed by atoms with Crippen molar-refractivity contribution in [2.24, 2.45) is 0 Å². The fourth-order valence-electron chi connectivity index (χ4n) is 2.53. The van der Waals surface area contributed by atoms with Crippen LogP contribution in [0, 0.1) is 0 Å². The van der Waals surface area contributed by atoms with E-state index in [1.165, 1.54) is 10.8 Å². The first-order chi connectivity index (χ1) is 11.3. The van der Waals surface area contributed by atoms with Gasteiger partial charge in [0.1, 0.15) is 0 Å². The second kappa shape index (κ2) is 6.80. The van der Waals surface area contributed by atoms with Gasteiger partial charge in [-0.25, -0.2) is 0 Å². The summed E-state index contributed by atoms with van der Waals surface area (Å²) >= 11 is 0. The summed E-state index contributed by atoms with van der Waals surface area (Å²) in [6.45, 7) is 7.87. The monoisotopic (exact) mass is 297 g/mol. The highest BCUT2D eigenvalue weighted by molar-refractivity contribution is 5.86. The van der Waals surface area contributed by atoms with Crippen molar-refractivity contribution in [3.05, 3.63) is 102 Å². The largest absolute Gasteiger partial charge is 0.355 e. The van der Waals surface area contributed by atoms with Gasteiger partial charge in [0.2, 0.25) is 0 Å². The average Bonchev–Trinajstić information content (AvgIpc) is 2.57. The normalized spacial score (nSPS) is 12.3. The minimum atomic E-state index is 0.978. The molecule has 0 aliphatic carbocycles. The van der Waals surface area contributed by atoms with Gasteiger partial charge in [-0.05, 0) is 45.5 Å². The highest BCUT2D eigenvalue weighted by Gasteiger charge is 1.98. The lowest BCUT2D eigenvalue weighted by Crippen LogP contribution is -2.22. The number of nitrogens with one attached hydrogen (secondary N) is 1. The Morgan fingerprint density at radius 1 is 0.870 bits per heavy atom. The summed E-state index contributed by atoms with van der Waals surface area (Å²) in [7, 11) is 0. The third-order valence-electron chi connectivity index (χ3n) is 3.70. The zero-order valence-electron chi connectivity index (χ0n) is 13.0. The van der Waals surface area contributed by atoms with Gasteiger partial charge in [0.05, 0.1) is 0 Å². The van der Waals surface area contributed by atoms with Gasteiger partial charge in [-0.3, -0.25) is 0 Å². The fourth-order valence-corrected chi connectivity index (χ4v) is 2.53. The molecule has 1 nitrogen and oxygen atoms in total. The summed E-state index contributed by atoms with van der Waals surface area (Å²) < 4.78 is 0. The molecule has 3 aromatic carbocycles. The molecule has 1 N–H and O–H groups in total. The van der Waals surface area contributed by atoms with E-state index >= 15 is 0 Å². The minimum absolute atomic E-state index is 0.978. The van der Waals surface area contributed by atoms with Crippen molar-refractivity contribution >= 4 is 29.1 Å². The van der Waals surface area contributed by atoms with E-state index in [0.29, 0.717) is 0 Å². The Balaban J connectivity index is 1.98. The van der Waals surface area contributed by atoms with Crippen LogP contribution in [0.5, 0.6) is 0 Å². The molecule has 0 radical (unpaired) electrons. The minimum Gasteiger partial charge on any atom is -0.355 e. The van der Waals surface area contributed by atoms with Crippen LogP contribution < -0.4 is 15.8 Å². The van der Waals surface area contributed by atoms with Crippen molar-refractivity contribution in [1.29, 1.82) is 0 Å². The molecule has 0 saturated carbocycles. The van der Waals surface area contributed by atoms with Crippen LogP contribution in [0.4, 0.5) is 5.69 Å². The Labute approximate surface area is 136 Å². The molecule has 0 spiro atoms. The molecule has 0 heterocycles. The van der Waals surface area contributed by atoms with Gasteiger partial charge in [0.25, 0.3) is 0 Å². The quantitative estimate of drug-likeness (QED) is 0.711. The number of anilines is 1. The first-order valence-electron chi connectivity index (χ1n) is 7.60. The summed E-state index contributed by atoms with van der Waals surface area (Å²) in [4.78, 5) is 0. The van der Waals surface area contributed by atoms with Gasteiger partial charge in [0, 0.05) is 11.4 Å². The van der Waals surface area contributed by atoms with E-state index < -0.39 is 0 Å². The Bertz CT molecular complexity index is 980. The molecule has 0 aliphatic heterocycles. The van der Waals surface area contributed by atoms with Gasteiger partial charge in [-0.2, -0.15) is 0 Å². The predicted octanol–water partition coefficient (Wildman–Crippen LogP) is 4.21. The molecule has 0 fully saturated rings. The van der Waals surface area contributed by atoms with E-state index in [2.05, 4.69) is 73.1 Å². The molecule has 0 aliphatic rings. The topological polar surface area (TPSA) is 12.0 Å². The summed E-state index contributed by atoms with van der Waals surface area (Å²) in [6, 6.07) is 22.8. The Morgan fingerprint density at radius 2 is 1.61 bits per heavy atom. The second-order valence-electron chi connectivity index (χ2n) is 5.39. The first-order valence-corrected chi connectivity index (χ1v) is 7.60. The van der Waals surface area contributed by atoms with Crippen LogP contribution in [-0.4, -0.2) is 0 Å². The number of rotatable bonds is 4. The maximum absolute atomic E-state index is 4.07. The van der Waals surface area contributed by atoms with Crippen molar-refractivity contribution in [2.75, 3.05) is 5.32 Å². The highest BCUT2D eigenvalue weighted by Crippen LogP contribution is 2.20. The van der Waals surface area contributed by atoms with Gasteiger partial charge in [-0.15, -0.1) is 0 Å². The molecular weight excluding hydrogens is 278 g/mol. The number of hydrogen-bond donors (Lipinski definition) is 1. The number of fused-ring (bicyclic) bond motifs is 1. The van der Waals surface area contributed by atoms with Gasteiger partial charge in [-0.1, -0.05) is 73.8 Å². The Hall–Kier alpha value is -3.06. The van der Waals surface area contributed by atoms with E-state index in [1.807, 2.05) is 24.3 Å². The van der Waals surface area contributed by atoms with Gasteiger partial charge in [0.15, 0.2) is 0 Å². The summed E-state index contributed by atoms with van der Waals surface area (Å²) in [6.07, 6.45) is 5.83. The maximum Gasteiger partial charge on any atom is 0.0390 e. The molecule has 0 bridgehead atoms. The van der Waals surface area contributed by atoms with Crippen molar-refractivity contribution in [1.82, 2.24) is 0 Å². The standard InChI is InChI=1S/C22H19N/c1-3-8-21(15-19-11-5-4-9-17(19)2)23-22-14-13-18-10-6-7-12-20(18)16-22/h3-16,23H,1-2H2/b19-15-,21-8+. The molecule has 0 saturated heterocycles. The summed E-state index contributed by atoms with van der Waals surface area (Å²) in [5.74, 6) is 0. The van der Waals surface area contributed by atoms with E-state index in [1.54, 1.807) is 6.08 Å². The summed E-state index contributed by atoms with van der Waals surface area (Å²) in [5, 5.41) is 8.00. The molecule has 0 aromatic heterocycles. The predicted molar refractivity (Wildman–Crippen MR) is 102 cm³/mol. The molecule has 0 atom stereocenters. The highest BCUT2D eigenvalue weighted by atomic mass is 14.9. The van der Waals surface area contributed by atoms with Crippen LogP contribution in [-0.2, 0) is 0 Å². The zero-order valence-corrected chi connectivity index (χ0v) is 13.0. The second-order valence-corrected chi connectivity index (χ2v) is 5.39. The van der Waals surface area contributed by atoms with Crippen LogP contribution in [0.1, 0.15) is 0 Å². The van der Waals surface area contributed by atoms with E-state index in [-0.39, 0.29) is 0 Å². The molecule has 3 aromatic rings. The molecule has 0 amide bonds. The van der Waals surface area contributed by atoms with Crippen molar-refractivity contribution in [3.8, 4) is 0 Å². The fraction of sp³-hybridized carbons (Fsp3) is 0. The average molecular weight is 297 g/mol. The zero-order chi connectivity index (χ0) is 16.1. The van der Waals surface area contributed by atoms with E-state index in [4.69, 9.17) is 0 Å². The van der Waals surface area contributed by atoms with Crippen LogP contribution in [0.15, 0.2) is 91.2 Å². The maximum atomic E-state index is 4.07. The lowest BCUT2D eigenvalue weighted by atomic mass is 10.1. The Morgan fingerprint density at radius 3 is 2.39 bits per heavy atom. The number of benzene rings is 3. The van der Waals surface area contributed by atoms with Crippen LogP contribution in [0.2, 0.25) is 0 Å². The van der Waals surface area contributed by atoms with Crippen LogP contribution in [0.3, 0.4) is 0 Å². The van der Waals surface area contributed by atoms with Crippen molar-refractivity contribution in [3.63, 3.8) is 0 Å². The van der Waals surface area contributed by atoms with Gasteiger partial charge >= 0.3 is 0 Å². The van der Waals surface area contributed by atoms with Crippen molar-refractivity contribution in [2.45, 2.75) is 0 Å². The molecular formula is C22H19N. The molecule has 23 heavy (non-hydrogen) atoms. The molecule has 1 heteroatoms. The first kappa shape index (κ1) is 14.9. The third-order valence-corrected chi connectivity index (χ3v) is 3.70. The summed E-state index contributed by atoms with van der Waals surface area (Å²) in [5.41, 5.74) is 2.03. The smallest absolute Gasteiger partial charge is 0.0390 e. The molecule has 0 unspecified atom stereocenters. The molecule has 112 valence electrons. The SMILES string of the molecule is C=C/C=C(\C=c1\ccccc1=C)Nc1ccc2ccccc2c1. The van der Waals surface area contributed by atoms with Gasteiger partial charge < -0.3 is 5.32 Å². The van der Waals surface area contributed by atoms with E-state index in [9.17, 15) is 0 Å². The van der Waals surface area contributed by atoms with Crippen molar-refractivity contribution < 1.29 is 0 Å². The van der Waals surface area contributed by atoms with Crippen LogP contribution in [0.25, 0.3) is 23.4 Å². The lowest BCUT2D eigenvalue weighted by molar-refractivity contribution is 1.48. The number of hydrogen-bond acceptors (Lipinski definition) is 1. The number of allylic oxidation sites excluding steroid dienone is 3. The van der Waals surface area contributed by atoms with E-state index in [0.717, 1.165) is 21.8 Å². The van der Waals surface area contributed by atoms with Crippen LogP contribution >= 0.6 is 0 Å². The third kappa shape index (κ3) is 3.58. The Kier molecular flexibility index (Phi) is 4.39. The lowest BCUT2D eigenvalue weighted by Gasteiger charge is -2.08. The molecule has 3 rings (SSSR count).